The van der Waals surface area contributed by atoms with Gasteiger partial charge in [-0.15, -0.1) is 0 Å². The van der Waals surface area contributed by atoms with E-state index in [2.05, 4.69) is 24.8 Å². The Labute approximate surface area is 171 Å². The van der Waals surface area contributed by atoms with Crippen LogP contribution in [0.3, 0.4) is 0 Å². The van der Waals surface area contributed by atoms with Gasteiger partial charge in [-0.3, -0.25) is 0 Å². The first-order valence-electron chi connectivity index (χ1n) is 9.43. The summed E-state index contributed by atoms with van der Waals surface area (Å²) in [6.45, 7) is 10.1. The second-order valence-electron chi connectivity index (χ2n) is 8.08. The predicted molar refractivity (Wildman–Crippen MR) is 101 cm³/mol. The van der Waals surface area contributed by atoms with Crippen LogP contribution < -0.4 is 4.74 Å². The van der Waals surface area contributed by atoms with Crippen molar-refractivity contribution in [2.24, 2.45) is 0 Å². The third kappa shape index (κ3) is 4.98. The van der Waals surface area contributed by atoms with E-state index < -0.39 is 12.1 Å². The van der Waals surface area contributed by atoms with Gasteiger partial charge in [0.15, 0.2) is 5.82 Å². The Morgan fingerprint density at radius 3 is 2.10 bits per heavy atom. The quantitative estimate of drug-likeness (QED) is 0.511. The second kappa shape index (κ2) is 8.08. The lowest BCUT2D eigenvalue weighted by Crippen LogP contribution is -2.11. The van der Waals surface area contributed by atoms with Crippen LogP contribution in [-0.4, -0.2) is 26.9 Å². The van der Waals surface area contributed by atoms with Crippen molar-refractivity contribution in [3.63, 3.8) is 0 Å². The Morgan fingerprint density at radius 2 is 1.57 bits per heavy atom. The van der Waals surface area contributed by atoms with Gasteiger partial charge >= 0.3 is 12.1 Å². The molecule has 0 bridgehead atoms. The van der Waals surface area contributed by atoms with Crippen molar-refractivity contribution < 1.29 is 27.0 Å². The van der Waals surface area contributed by atoms with Crippen molar-refractivity contribution in [2.45, 2.75) is 59.1 Å². The Bertz CT molecular complexity index is 996. The van der Waals surface area contributed by atoms with E-state index in [0.29, 0.717) is 42.5 Å². The number of aryl methyl sites for hydroxylation is 3. The maximum atomic E-state index is 12.7. The lowest BCUT2D eigenvalue weighted by Gasteiger charge is -2.13. The Morgan fingerprint density at radius 1 is 0.933 bits per heavy atom. The average Bonchev–Trinajstić information content (AvgIpc) is 3.29. The fourth-order valence-corrected chi connectivity index (χ4v) is 2.83. The highest BCUT2D eigenvalue weighted by atomic mass is 19.4. The molecule has 2 heterocycles. The minimum Gasteiger partial charge on any atom is -0.493 e. The molecule has 0 N–H and O–H groups in total. The third-order valence-corrected chi connectivity index (χ3v) is 4.29. The molecular weight excluding hydrogens is 401 g/mol. The molecule has 0 amide bonds. The van der Waals surface area contributed by atoms with Crippen molar-refractivity contribution in [2.75, 3.05) is 6.61 Å². The molecule has 0 fully saturated rings. The monoisotopic (exact) mass is 424 g/mol. The fourth-order valence-electron chi connectivity index (χ4n) is 2.83. The summed E-state index contributed by atoms with van der Waals surface area (Å²) in [5.41, 5.74) is 1.76. The van der Waals surface area contributed by atoms with Crippen LogP contribution in [0.1, 0.15) is 55.9 Å². The number of hydrogen-bond acceptors (Lipinski definition) is 7. The molecule has 0 saturated carbocycles. The Kier molecular flexibility index (Phi) is 5.87. The van der Waals surface area contributed by atoms with E-state index in [1.54, 1.807) is 12.1 Å². The maximum absolute atomic E-state index is 12.7. The smallest absolute Gasteiger partial charge is 0.471 e. The standard InChI is InChI=1S/C20H23F3N4O3/c1-11-9-13(16-25-18(30-27-16)20(21,22)23)10-12(2)15(11)28-8-6-7-14-24-17(29-26-14)19(3,4)5/h9-10H,6-8H2,1-5H3. The number of alkyl halides is 3. The van der Waals surface area contributed by atoms with Crippen molar-refractivity contribution in [1.82, 2.24) is 20.3 Å². The number of rotatable bonds is 6. The van der Waals surface area contributed by atoms with E-state index in [4.69, 9.17) is 9.26 Å². The molecule has 0 aliphatic rings. The van der Waals surface area contributed by atoms with Crippen molar-refractivity contribution in [3.8, 4) is 17.1 Å². The molecule has 162 valence electrons. The Balaban J connectivity index is 1.62. The van der Waals surface area contributed by atoms with Crippen LogP contribution in [0.2, 0.25) is 0 Å². The summed E-state index contributed by atoms with van der Waals surface area (Å²) in [7, 11) is 0. The highest BCUT2D eigenvalue weighted by molar-refractivity contribution is 5.61. The molecule has 3 aromatic rings. The first-order valence-corrected chi connectivity index (χ1v) is 9.43. The summed E-state index contributed by atoms with van der Waals surface area (Å²) in [5.74, 6) is 0.401. The summed E-state index contributed by atoms with van der Waals surface area (Å²) in [6.07, 6.45) is -3.38. The molecule has 0 unspecified atom stereocenters. The van der Waals surface area contributed by atoms with Crippen molar-refractivity contribution >= 4 is 0 Å². The molecule has 0 aliphatic carbocycles. The van der Waals surface area contributed by atoms with Crippen LogP contribution in [0, 0.1) is 13.8 Å². The fraction of sp³-hybridized carbons (Fsp3) is 0.500. The van der Waals surface area contributed by atoms with Gasteiger partial charge in [0.05, 0.1) is 6.61 Å². The predicted octanol–water partition coefficient (Wildman–Crippen LogP) is 5.06. The van der Waals surface area contributed by atoms with Gasteiger partial charge in [0.25, 0.3) is 0 Å². The van der Waals surface area contributed by atoms with Crippen LogP contribution in [0.15, 0.2) is 21.2 Å². The van der Waals surface area contributed by atoms with Gasteiger partial charge in [0, 0.05) is 17.4 Å². The van der Waals surface area contributed by atoms with Crippen LogP contribution in [0.5, 0.6) is 5.75 Å². The van der Waals surface area contributed by atoms with E-state index in [9.17, 15) is 13.2 Å². The number of halogens is 3. The molecule has 30 heavy (non-hydrogen) atoms. The van der Waals surface area contributed by atoms with Crippen molar-refractivity contribution in [3.05, 3.63) is 40.9 Å². The normalized spacial score (nSPS) is 12.4. The molecule has 0 radical (unpaired) electrons. The lowest BCUT2D eigenvalue weighted by atomic mass is 9.97. The first-order chi connectivity index (χ1) is 13.9. The second-order valence-corrected chi connectivity index (χ2v) is 8.08. The molecule has 2 aromatic heterocycles. The van der Waals surface area contributed by atoms with Gasteiger partial charge in [-0.05, 0) is 43.5 Å². The number of nitrogens with zero attached hydrogens (tertiary/aromatic N) is 4. The van der Waals surface area contributed by atoms with E-state index in [-0.39, 0.29) is 11.2 Å². The largest absolute Gasteiger partial charge is 0.493 e. The molecule has 7 nitrogen and oxygen atoms in total. The average molecular weight is 424 g/mol. The highest BCUT2D eigenvalue weighted by Gasteiger charge is 2.38. The molecule has 0 saturated heterocycles. The van der Waals surface area contributed by atoms with E-state index in [1.807, 2.05) is 34.6 Å². The number of aromatic nitrogens is 4. The molecule has 1 aromatic carbocycles. The minimum absolute atomic E-state index is 0.119. The summed E-state index contributed by atoms with van der Waals surface area (Å²) in [6, 6.07) is 3.34. The third-order valence-electron chi connectivity index (χ3n) is 4.29. The van der Waals surface area contributed by atoms with Gasteiger partial charge in [-0.1, -0.05) is 31.1 Å². The summed E-state index contributed by atoms with van der Waals surface area (Å²) < 4.78 is 53.4. The highest BCUT2D eigenvalue weighted by Crippen LogP contribution is 2.32. The van der Waals surface area contributed by atoms with Gasteiger partial charge in [0.2, 0.25) is 11.7 Å². The summed E-state index contributed by atoms with van der Waals surface area (Å²) >= 11 is 0. The molecule has 3 rings (SSSR count). The lowest BCUT2D eigenvalue weighted by molar-refractivity contribution is -0.159. The number of benzene rings is 1. The van der Waals surface area contributed by atoms with E-state index in [1.165, 1.54) is 0 Å². The topological polar surface area (TPSA) is 87.1 Å². The summed E-state index contributed by atoms with van der Waals surface area (Å²) in [5, 5.41) is 7.41. The maximum Gasteiger partial charge on any atom is 0.471 e. The molecular formula is C20H23F3N4O3. The first kappa shape index (κ1) is 21.8. The van der Waals surface area contributed by atoms with Gasteiger partial charge in [0.1, 0.15) is 5.75 Å². The molecule has 10 heteroatoms. The summed E-state index contributed by atoms with van der Waals surface area (Å²) in [4.78, 5) is 7.81. The van der Waals surface area contributed by atoms with Gasteiger partial charge < -0.3 is 13.8 Å². The zero-order valence-electron chi connectivity index (χ0n) is 17.4. The number of hydrogen-bond donors (Lipinski definition) is 0. The Hall–Kier alpha value is -2.91. The zero-order chi connectivity index (χ0) is 22.1. The molecule has 0 aliphatic heterocycles. The molecule has 0 atom stereocenters. The minimum atomic E-state index is -4.68. The van der Waals surface area contributed by atoms with Crippen LogP contribution >= 0.6 is 0 Å². The van der Waals surface area contributed by atoms with Gasteiger partial charge in [-0.25, -0.2) is 0 Å². The van der Waals surface area contributed by atoms with Crippen LogP contribution in [0.25, 0.3) is 11.4 Å². The zero-order valence-corrected chi connectivity index (χ0v) is 17.4. The number of ether oxygens (including phenoxy) is 1. The van der Waals surface area contributed by atoms with Crippen molar-refractivity contribution in [1.29, 1.82) is 0 Å². The van der Waals surface area contributed by atoms with Gasteiger partial charge in [-0.2, -0.15) is 23.1 Å². The van der Waals surface area contributed by atoms with Crippen LogP contribution in [-0.2, 0) is 18.0 Å². The van der Waals surface area contributed by atoms with E-state index in [0.717, 1.165) is 11.1 Å². The SMILES string of the molecule is Cc1cc(-c2noc(C(F)(F)F)n2)cc(C)c1OCCCc1noc(C(C)(C)C)n1. The molecule has 0 spiro atoms. The van der Waals surface area contributed by atoms with Crippen LogP contribution in [0.4, 0.5) is 13.2 Å². The van der Waals surface area contributed by atoms with E-state index >= 15 is 0 Å².